The Labute approximate surface area is 65.3 Å². The molecule has 1 rings (SSSR count). The van der Waals surface area contributed by atoms with Crippen molar-refractivity contribution in [2.24, 2.45) is 0 Å². The number of hydrogen-bond acceptors (Lipinski definition) is 3. The molecule has 0 saturated carbocycles. The van der Waals surface area contributed by atoms with Crippen molar-refractivity contribution in [3.05, 3.63) is 23.7 Å². The lowest BCUT2D eigenvalue weighted by atomic mass is 10.3. The largest absolute Gasteiger partial charge is 0.501 e. The summed E-state index contributed by atoms with van der Waals surface area (Å²) in [5, 5.41) is 0. The quantitative estimate of drug-likeness (QED) is 0.342. The van der Waals surface area contributed by atoms with Gasteiger partial charge in [0.15, 0.2) is 0 Å². The molecule has 0 amide bonds. The van der Waals surface area contributed by atoms with E-state index in [1.165, 1.54) is 6.26 Å². The zero-order valence-corrected chi connectivity index (χ0v) is 6.59. The van der Waals surface area contributed by atoms with Crippen LogP contribution in [0.2, 0.25) is 0 Å². The first-order chi connectivity index (χ1) is 5.24. The number of hydrogen-bond donors (Lipinski definition) is 0. The van der Waals surface area contributed by atoms with E-state index in [1.54, 1.807) is 13.0 Å². The lowest BCUT2D eigenvalue weighted by molar-refractivity contribution is -0.133. The second-order valence-electron chi connectivity index (χ2n) is 2.17. The minimum atomic E-state index is -0.337. The highest BCUT2D eigenvalue weighted by Gasteiger charge is 2.17. The van der Waals surface area contributed by atoms with Crippen LogP contribution >= 0.6 is 0 Å². The van der Waals surface area contributed by atoms with Gasteiger partial charge in [0.1, 0.15) is 5.76 Å². The molecular weight excluding hydrogens is 144 g/mol. The van der Waals surface area contributed by atoms with Crippen molar-refractivity contribution in [2.75, 3.05) is 6.61 Å². The van der Waals surface area contributed by atoms with E-state index < -0.39 is 0 Å². The molecule has 1 heterocycles. The van der Waals surface area contributed by atoms with Crippen molar-refractivity contribution in [1.82, 2.24) is 0 Å². The van der Waals surface area contributed by atoms with Gasteiger partial charge < -0.3 is 9.47 Å². The lowest BCUT2D eigenvalue weighted by Crippen LogP contribution is -1.97. The molecule has 0 bridgehead atoms. The molecule has 0 aromatic rings. The maximum Gasteiger partial charge on any atom is 0.346 e. The van der Waals surface area contributed by atoms with Gasteiger partial charge in [-0.25, -0.2) is 4.79 Å². The van der Waals surface area contributed by atoms with Crippen molar-refractivity contribution in [3.8, 4) is 0 Å². The molecule has 0 aromatic carbocycles. The minimum Gasteiger partial charge on any atom is -0.501 e. The Kier molecular flexibility index (Phi) is 2.31. The van der Waals surface area contributed by atoms with Crippen LogP contribution < -0.4 is 0 Å². The van der Waals surface area contributed by atoms with Gasteiger partial charge in [0.05, 0.1) is 18.4 Å². The van der Waals surface area contributed by atoms with Gasteiger partial charge in [0, 0.05) is 0 Å². The molecule has 0 fully saturated rings. The summed E-state index contributed by atoms with van der Waals surface area (Å²) >= 11 is 0. The molecule has 0 radical (unpaired) electrons. The van der Waals surface area contributed by atoms with Gasteiger partial charge in [-0.2, -0.15) is 0 Å². The molecule has 11 heavy (non-hydrogen) atoms. The van der Waals surface area contributed by atoms with E-state index in [-0.39, 0.29) is 5.97 Å². The highest BCUT2D eigenvalue weighted by atomic mass is 16.5. The number of ether oxygens (including phenoxy) is 2. The maximum absolute atomic E-state index is 10.9. The standard InChI is InChI=1S/C8H10O3/c1-3-10-5-7-4-6(2)11-8(7)9/h4-5H,3H2,1-2H3/b7-5+. The van der Waals surface area contributed by atoms with Crippen LogP contribution in [0.15, 0.2) is 23.7 Å². The lowest BCUT2D eigenvalue weighted by Gasteiger charge is -1.93. The van der Waals surface area contributed by atoms with Crippen LogP contribution in [0.4, 0.5) is 0 Å². The Bertz CT molecular complexity index is 225. The number of cyclic esters (lactones) is 1. The smallest absolute Gasteiger partial charge is 0.346 e. The second kappa shape index (κ2) is 3.23. The van der Waals surface area contributed by atoms with E-state index in [0.29, 0.717) is 17.9 Å². The van der Waals surface area contributed by atoms with Crippen LogP contribution in [-0.2, 0) is 14.3 Å². The summed E-state index contributed by atoms with van der Waals surface area (Å²) in [7, 11) is 0. The van der Waals surface area contributed by atoms with E-state index in [0.717, 1.165) is 0 Å². The Morgan fingerprint density at radius 2 is 2.45 bits per heavy atom. The molecular formula is C8H10O3. The van der Waals surface area contributed by atoms with Gasteiger partial charge in [-0.1, -0.05) is 0 Å². The summed E-state index contributed by atoms with van der Waals surface area (Å²) in [6.07, 6.45) is 3.07. The van der Waals surface area contributed by atoms with Crippen molar-refractivity contribution in [1.29, 1.82) is 0 Å². The molecule has 1 aliphatic heterocycles. The molecule has 0 unspecified atom stereocenters. The maximum atomic E-state index is 10.9. The molecule has 0 saturated heterocycles. The fourth-order valence-corrected chi connectivity index (χ4v) is 0.768. The van der Waals surface area contributed by atoms with Gasteiger partial charge in [-0.05, 0) is 19.9 Å². The van der Waals surface area contributed by atoms with Crippen molar-refractivity contribution in [3.63, 3.8) is 0 Å². The third-order valence-corrected chi connectivity index (χ3v) is 1.23. The van der Waals surface area contributed by atoms with Crippen molar-refractivity contribution in [2.45, 2.75) is 13.8 Å². The third-order valence-electron chi connectivity index (χ3n) is 1.23. The van der Waals surface area contributed by atoms with Crippen LogP contribution in [-0.4, -0.2) is 12.6 Å². The Hall–Kier alpha value is -1.25. The van der Waals surface area contributed by atoms with Gasteiger partial charge in [0.2, 0.25) is 0 Å². The van der Waals surface area contributed by atoms with E-state index in [2.05, 4.69) is 0 Å². The van der Waals surface area contributed by atoms with Crippen LogP contribution in [0, 0.1) is 0 Å². The third kappa shape index (κ3) is 1.83. The van der Waals surface area contributed by atoms with E-state index in [9.17, 15) is 4.79 Å². The summed E-state index contributed by atoms with van der Waals surface area (Å²) in [6.45, 7) is 4.14. The van der Waals surface area contributed by atoms with Gasteiger partial charge in [0.25, 0.3) is 0 Å². The first-order valence-corrected chi connectivity index (χ1v) is 3.46. The van der Waals surface area contributed by atoms with Gasteiger partial charge in [-0.15, -0.1) is 0 Å². The van der Waals surface area contributed by atoms with E-state index in [1.807, 2.05) is 6.92 Å². The zero-order chi connectivity index (χ0) is 8.27. The molecule has 3 heteroatoms. The van der Waals surface area contributed by atoms with E-state index >= 15 is 0 Å². The summed E-state index contributed by atoms with van der Waals surface area (Å²) in [5.41, 5.74) is 0.476. The fraction of sp³-hybridized carbons (Fsp3) is 0.375. The molecule has 1 aliphatic rings. The van der Waals surface area contributed by atoms with E-state index in [4.69, 9.17) is 9.47 Å². The van der Waals surface area contributed by atoms with Crippen LogP contribution in [0.1, 0.15) is 13.8 Å². The summed E-state index contributed by atoms with van der Waals surface area (Å²) < 4.78 is 9.67. The SMILES string of the molecule is CCO/C=C1\C=C(C)OC1=O. The van der Waals surface area contributed by atoms with Gasteiger partial charge >= 0.3 is 5.97 Å². The number of allylic oxidation sites excluding steroid dienone is 1. The fourth-order valence-electron chi connectivity index (χ4n) is 0.768. The predicted molar refractivity (Wildman–Crippen MR) is 39.6 cm³/mol. The molecule has 0 atom stereocenters. The van der Waals surface area contributed by atoms with Gasteiger partial charge in [-0.3, -0.25) is 0 Å². The summed E-state index contributed by atoms with van der Waals surface area (Å²) in [5.74, 6) is 0.275. The molecule has 0 aromatic heterocycles. The number of esters is 1. The molecule has 0 spiro atoms. The topological polar surface area (TPSA) is 35.5 Å². The Balaban J connectivity index is 2.65. The van der Waals surface area contributed by atoms with Crippen LogP contribution in [0.5, 0.6) is 0 Å². The first-order valence-electron chi connectivity index (χ1n) is 3.46. The monoisotopic (exact) mass is 154 g/mol. The Morgan fingerprint density at radius 3 is 2.91 bits per heavy atom. The summed E-state index contributed by atoms with van der Waals surface area (Å²) in [4.78, 5) is 10.9. The van der Waals surface area contributed by atoms with Crippen molar-refractivity contribution >= 4 is 5.97 Å². The number of carbonyl (C=O) groups excluding carboxylic acids is 1. The number of rotatable bonds is 2. The normalized spacial score (nSPS) is 20.0. The molecule has 60 valence electrons. The average molecular weight is 154 g/mol. The number of carbonyl (C=O) groups is 1. The Morgan fingerprint density at radius 1 is 1.73 bits per heavy atom. The predicted octanol–water partition coefficient (Wildman–Crippen LogP) is 1.37. The molecule has 0 aliphatic carbocycles. The zero-order valence-electron chi connectivity index (χ0n) is 6.59. The highest BCUT2D eigenvalue weighted by Crippen LogP contribution is 2.15. The van der Waals surface area contributed by atoms with Crippen molar-refractivity contribution < 1.29 is 14.3 Å². The van der Waals surface area contributed by atoms with Crippen LogP contribution in [0.3, 0.4) is 0 Å². The molecule has 3 nitrogen and oxygen atoms in total. The highest BCUT2D eigenvalue weighted by molar-refractivity contribution is 5.94. The average Bonchev–Trinajstić information content (AvgIpc) is 2.26. The minimum absolute atomic E-state index is 0.337. The summed E-state index contributed by atoms with van der Waals surface area (Å²) in [6, 6.07) is 0. The molecule has 0 N–H and O–H groups in total. The first kappa shape index (κ1) is 7.85. The van der Waals surface area contributed by atoms with Crippen LogP contribution in [0.25, 0.3) is 0 Å². The second-order valence-corrected chi connectivity index (χ2v) is 2.17.